The van der Waals surface area contributed by atoms with E-state index in [1.54, 1.807) is 6.07 Å². The molecule has 1 aromatic heterocycles. The van der Waals surface area contributed by atoms with Crippen molar-refractivity contribution in [3.63, 3.8) is 0 Å². The van der Waals surface area contributed by atoms with Crippen LogP contribution in [0.5, 0.6) is 0 Å². The summed E-state index contributed by atoms with van der Waals surface area (Å²) in [6.07, 6.45) is 8.70. The van der Waals surface area contributed by atoms with Gasteiger partial charge in [-0.3, -0.25) is 4.79 Å². The molecule has 1 heterocycles. The van der Waals surface area contributed by atoms with Gasteiger partial charge in [0.2, 0.25) is 0 Å². The molecule has 1 N–H and O–H groups in total. The van der Waals surface area contributed by atoms with Crippen LogP contribution in [0.2, 0.25) is 0 Å². The number of amides is 1. The van der Waals surface area contributed by atoms with E-state index in [9.17, 15) is 4.79 Å². The minimum atomic E-state index is -0.172. The van der Waals surface area contributed by atoms with Crippen LogP contribution in [0.25, 0.3) is 12.2 Å². The van der Waals surface area contributed by atoms with Gasteiger partial charge in [0.1, 0.15) is 5.76 Å². The van der Waals surface area contributed by atoms with Crippen molar-refractivity contribution in [2.24, 2.45) is 0 Å². The molecule has 92 valence electrons. The van der Waals surface area contributed by atoms with Crippen LogP contribution in [-0.2, 0) is 0 Å². The summed E-state index contributed by atoms with van der Waals surface area (Å²) in [4.78, 5) is 11.6. The zero-order chi connectivity index (χ0) is 12.7. The molecule has 0 fully saturated rings. The molecule has 3 nitrogen and oxygen atoms in total. The molecule has 0 saturated heterocycles. The van der Waals surface area contributed by atoms with Crippen LogP contribution in [0.1, 0.15) is 49.1 Å². The van der Waals surface area contributed by atoms with Gasteiger partial charge in [-0.25, -0.2) is 0 Å². The summed E-state index contributed by atoms with van der Waals surface area (Å²) in [7, 11) is 0. The maximum Gasteiger partial charge on any atom is 0.287 e. The first-order valence-electron chi connectivity index (χ1n) is 5.94. The van der Waals surface area contributed by atoms with E-state index in [1.807, 2.05) is 38.2 Å². The van der Waals surface area contributed by atoms with Crippen LogP contribution in [0, 0.1) is 0 Å². The average molecular weight is 233 g/mol. The van der Waals surface area contributed by atoms with Gasteiger partial charge >= 0.3 is 0 Å². The highest BCUT2D eigenvalue weighted by atomic mass is 16.3. The number of nitrogens with one attached hydrogen (secondary N) is 1. The molecule has 0 saturated carbocycles. The number of furan rings is 1. The van der Waals surface area contributed by atoms with Crippen molar-refractivity contribution in [2.45, 2.75) is 27.2 Å². The number of hydrogen-bond acceptors (Lipinski definition) is 2. The Hall–Kier alpha value is -1.77. The van der Waals surface area contributed by atoms with Gasteiger partial charge in [0.05, 0.1) is 0 Å². The molecule has 0 bridgehead atoms. The molecule has 0 aliphatic rings. The highest BCUT2D eigenvalue weighted by Gasteiger charge is 2.12. The van der Waals surface area contributed by atoms with Gasteiger partial charge in [-0.2, -0.15) is 0 Å². The second kappa shape index (κ2) is 6.74. The lowest BCUT2D eigenvalue weighted by atomic mass is 10.2. The quantitative estimate of drug-likeness (QED) is 0.846. The Balaban J connectivity index is 3.03. The molecule has 0 atom stereocenters. The number of carbonyl (C=O) groups is 1. The van der Waals surface area contributed by atoms with Crippen LogP contribution >= 0.6 is 0 Å². The number of rotatable bonds is 5. The molecule has 3 heteroatoms. The van der Waals surface area contributed by atoms with E-state index in [1.165, 1.54) is 0 Å². The fraction of sp³-hybridized carbons (Fsp3) is 0.357. The lowest BCUT2D eigenvalue weighted by molar-refractivity contribution is 0.0928. The van der Waals surface area contributed by atoms with E-state index >= 15 is 0 Å². The molecule has 1 amide bonds. The zero-order valence-electron chi connectivity index (χ0n) is 10.6. The van der Waals surface area contributed by atoms with Gasteiger partial charge < -0.3 is 9.73 Å². The van der Waals surface area contributed by atoms with Crippen molar-refractivity contribution in [3.8, 4) is 0 Å². The summed E-state index contributed by atoms with van der Waals surface area (Å²) in [6.45, 7) is 6.47. The molecule has 0 unspecified atom stereocenters. The van der Waals surface area contributed by atoms with Crippen molar-refractivity contribution in [1.82, 2.24) is 5.32 Å². The largest absolute Gasteiger partial charge is 0.451 e. The van der Waals surface area contributed by atoms with Crippen molar-refractivity contribution < 1.29 is 9.21 Å². The van der Waals surface area contributed by atoms with E-state index in [0.29, 0.717) is 12.3 Å². The molecule has 0 radical (unpaired) electrons. The maximum absolute atomic E-state index is 11.6. The summed E-state index contributed by atoms with van der Waals surface area (Å²) >= 11 is 0. The molecular weight excluding hydrogens is 214 g/mol. The average Bonchev–Trinajstić information content (AvgIpc) is 2.71. The van der Waals surface area contributed by atoms with Crippen LogP contribution in [0.4, 0.5) is 0 Å². The topological polar surface area (TPSA) is 42.2 Å². The van der Waals surface area contributed by atoms with Crippen molar-refractivity contribution >= 4 is 18.1 Å². The van der Waals surface area contributed by atoms with Gasteiger partial charge in [0.15, 0.2) is 5.76 Å². The van der Waals surface area contributed by atoms with Crippen LogP contribution in [-0.4, -0.2) is 12.5 Å². The van der Waals surface area contributed by atoms with E-state index in [2.05, 4.69) is 12.2 Å². The second-order valence-corrected chi connectivity index (χ2v) is 3.60. The summed E-state index contributed by atoms with van der Waals surface area (Å²) < 4.78 is 5.53. The Bertz CT molecular complexity index is 427. The van der Waals surface area contributed by atoms with Gasteiger partial charge in [0, 0.05) is 12.1 Å². The Morgan fingerprint density at radius 3 is 2.76 bits per heavy atom. The van der Waals surface area contributed by atoms with Crippen molar-refractivity contribution in [3.05, 3.63) is 35.3 Å². The molecular formula is C14H19NO2. The third kappa shape index (κ3) is 3.63. The molecule has 0 aliphatic heterocycles. The molecule has 17 heavy (non-hydrogen) atoms. The fourth-order valence-electron chi connectivity index (χ4n) is 1.44. The summed E-state index contributed by atoms with van der Waals surface area (Å²) in [5.41, 5.74) is 0.929. The third-order valence-corrected chi connectivity index (χ3v) is 2.20. The van der Waals surface area contributed by atoms with Crippen LogP contribution in [0.15, 0.2) is 22.6 Å². The first kappa shape index (κ1) is 13.3. The zero-order valence-corrected chi connectivity index (χ0v) is 10.6. The van der Waals surface area contributed by atoms with Crippen LogP contribution < -0.4 is 5.32 Å². The van der Waals surface area contributed by atoms with Gasteiger partial charge in [-0.1, -0.05) is 25.2 Å². The Morgan fingerprint density at radius 2 is 2.18 bits per heavy atom. The number of hydrogen-bond donors (Lipinski definition) is 1. The molecule has 0 spiro atoms. The van der Waals surface area contributed by atoms with Gasteiger partial charge in [-0.15, -0.1) is 0 Å². The second-order valence-electron chi connectivity index (χ2n) is 3.60. The summed E-state index contributed by atoms with van der Waals surface area (Å²) in [5, 5.41) is 2.72. The van der Waals surface area contributed by atoms with Gasteiger partial charge in [0.25, 0.3) is 5.91 Å². The summed E-state index contributed by atoms with van der Waals surface area (Å²) in [5.74, 6) is 0.913. The lowest BCUT2D eigenvalue weighted by Crippen LogP contribution is -2.21. The highest BCUT2D eigenvalue weighted by Crippen LogP contribution is 2.19. The molecule has 1 rings (SSSR count). The Labute approximate surface area is 102 Å². The lowest BCUT2D eigenvalue weighted by Gasteiger charge is -1.96. The third-order valence-electron chi connectivity index (χ3n) is 2.20. The van der Waals surface area contributed by atoms with E-state index < -0.39 is 0 Å². The number of allylic oxidation sites excluding steroid dienone is 2. The summed E-state index contributed by atoms with van der Waals surface area (Å²) in [6, 6.07) is 1.76. The SMILES string of the molecule is C/C=C\c1cc(C(=O)NCC)oc1/C=C/CC. The minimum absolute atomic E-state index is 0.172. The first-order valence-corrected chi connectivity index (χ1v) is 5.94. The van der Waals surface area contributed by atoms with Gasteiger partial charge in [-0.05, 0) is 32.4 Å². The monoisotopic (exact) mass is 233 g/mol. The smallest absolute Gasteiger partial charge is 0.287 e. The predicted molar refractivity (Wildman–Crippen MR) is 70.7 cm³/mol. The highest BCUT2D eigenvalue weighted by molar-refractivity contribution is 5.92. The predicted octanol–water partition coefficient (Wildman–Crippen LogP) is 3.49. The Kier molecular flexibility index (Phi) is 5.27. The van der Waals surface area contributed by atoms with Crippen molar-refractivity contribution in [1.29, 1.82) is 0 Å². The standard InChI is InChI=1S/C14H19NO2/c1-4-7-9-12-11(8-5-2)10-13(17-12)14(16)15-6-3/h5,7-10H,4,6H2,1-3H3,(H,15,16)/b8-5-,9-7+. The first-order chi connectivity index (χ1) is 8.22. The maximum atomic E-state index is 11.6. The van der Waals surface area contributed by atoms with Crippen LogP contribution in [0.3, 0.4) is 0 Å². The Morgan fingerprint density at radius 1 is 1.41 bits per heavy atom. The normalized spacial score (nSPS) is 11.5. The molecule has 1 aromatic rings. The van der Waals surface area contributed by atoms with E-state index in [0.717, 1.165) is 17.7 Å². The molecule has 0 aliphatic carbocycles. The molecule has 0 aromatic carbocycles. The fourth-order valence-corrected chi connectivity index (χ4v) is 1.44. The minimum Gasteiger partial charge on any atom is -0.451 e. The van der Waals surface area contributed by atoms with E-state index in [-0.39, 0.29) is 5.91 Å². The number of carbonyl (C=O) groups excluding carboxylic acids is 1. The van der Waals surface area contributed by atoms with Crippen molar-refractivity contribution in [2.75, 3.05) is 6.54 Å². The van der Waals surface area contributed by atoms with E-state index in [4.69, 9.17) is 4.42 Å².